The second-order valence-electron chi connectivity index (χ2n) is 5.96. The van der Waals surface area contributed by atoms with Crippen molar-refractivity contribution in [2.24, 2.45) is 5.73 Å². The average Bonchev–Trinajstić information content (AvgIpc) is 2.62. The molecule has 0 aromatic heterocycles. The minimum atomic E-state index is 0.142. The summed E-state index contributed by atoms with van der Waals surface area (Å²) in [5.41, 5.74) is 7.83. The lowest BCUT2D eigenvalue weighted by atomic mass is 9.94. The Kier molecular flexibility index (Phi) is 4.15. The summed E-state index contributed by atoms with van der Waals surface area (Å²) in [7, 11) is 0. The molecule has 0 saturated carbocycles. The van der Waals surface area contributed by atoms with E-state index >= 15 is 0 Å². The van der Waals surface area contributed by atoms with Gasteiger partial charge in [0.1, 0.15) is 0 Å². The number of benzene rings is 1. The standard InChI is InChI=1S/C15H23BrN2/c1-11(17)14(12-5-7-13(16)8-6-12)18-10-4-9-15(18,2)3/h5-8,11,14H,4,9-10,17H2,1-3H3. The number of likely N-dealkylation sites (tertiary alicyclic amines) is 1. The van der Waals surface area contributed by atoms with E-state index in [1.807, 2.05) is 0 Å². The maximum absolute atomic E-state index is 6.25. The molecule has 1 aliphatic heterocycles. The fourth-order valence-electron chi connectivity index (χ4n) is 3.07. The summed E-state index contributed by atoms with van der Waals surface area (Å²) in [5, 5.41) is 0. The van der Waals surface area contributed by atoms with Gasteiger partial charge in [0.2, 0.25) is 0 Å². The van der Waals surface area contributed by atoms with Crippen molar-refractivity contribution < 1.29 is 0 Å². The fraction of sp³-hybridized carbons (Fsp3) is 0.600. The van der Waals surface area contributed by atoms with Crippen molar-refractivity contribution >= 4 is 15.9 Å². The lowest BCUT2D eigenvalue weighted by Gasteiger charge is -2.40. The molecule has 0 aliphatic carbocycles. The quantitative estimate of drug-likeness (QED) is 0.922. The van der Waals surface area contributed by atoms with E-state index in [1.54, 1.807) is 0 Å². The smallest absolute Gasteiger partial charge is 0.0501 e. The number of nitrogens with zero attached hydrogens (tertiary/aromatic N) is 1. The predicted octanol–water partition coefficient (Wildman–Crippen LogP) is 3.71. The van der Waals surface area contributed by atoms with E-state index in [-0.39, 0.29) is 11.6 Å². The van der Waals surface area contributed by atoms with Crippen molar-refractivity contribution in [1.82, 2.24) is 4.90 Å². The summed E-state index contributed by atoms with van der Waals surface area (Å²) < 4.78 is 1.12. The highest BCUT2D eigenvalue weighted by atomic mass is 79.9. The number of hydrogen-bond donors (Lipinski definition) is 1. The molecule has 0 radical (unpaired) electrons. The van der Waals surface area contributed by atoms with Crippen LogP contribution in [0.2, 0.25) is 0 Å². The summed E-state index contributed by atoms with van der Waals surface area (Å²) in [5.74, 6) is 0. The Labute approximate surface area is 119 Å². The van der Waals surface area contributed by atoms with Crippen molar-refractivity contribution in [3.8, 4) is 0 Å². The Morgan fingerprint density at radius 1 is 1.28 bits per heavy atom. The lowest BCUT2D eigenvalue weighted by molar-refractivity contribution is 0.101. The second kappa shape index (κ2) is 5.32. The highest BCUT2D eigenvalue weighted by Gasteiger charge is 2.38. The third-order valence-corrected chi connectivity index (χ3v) is 4.54. The topological polar surface area (TPSA) is 29.3 Å². The summed E-state index contributed by atoms with van der Waals surface area (Å²) in [6.45, 7) is 7.92. The Balaban J connectivity index is 2.31. The predicted molar refractivity (Wildman–Crippen MR) is 80.6 cm³/mol. The zero-order valence-electron chi connectivity index (χ0n) is 11.5. The second-order valence-corrected chi connectivity index (χ2v) is 6.88. The van der Waals surface area contributed by atoms with Gasteiger partial charge < -0.3 is 5.73 Å². The first kappa shape index (κ1) is 14.0. The van der Waals surface area contributed by atoms with Gasteiger partial charge >= 0.3 is 0 Å². The third kappa shape index (κ3) is 2.79. The van der Waals surface area contributed by atoms with E-state index in [9.17, 15) is 0 Å². The van der Waals surface area contributed by atoms with E-state index < -0.39 is 0 Å². The molecule has 18 heavy (non-hydrogen) atoms. The van der Waals surface area contributed by atoms with Crippen molar-refractivity contribution in [2.45, 2.75) is 51.2 Å². The van der Waals surface area contributed by atoms with Crippen LogP contribution in [0.4, 0.5) is 0 Å². The van der Waals surface area contributed by atoms with E-state index in [0.29, 0.717) is 6.04 Å². The van der Waals surface area contributed by atoms with Gasteiger partial charge in [-0.1, -0.05) is 28.1 Å². The molecule has 1 aromatic carbocycles. The normalized spacial score (nSPS) is 22.9. The van der Waals surface area contributed by atoms with Gasteiger partial charge in [-0.05, 0) is 57.9 Å². The monoisotopic (exact) mass is 310 g/mol. The average molecular weight is 311 g/mol. The van der Waals surface area contributed by atoms with E-state index in [4.69, 9.17) is 5.73 Å². The van der Waals surface area contributed by atoms with Crippen molar-refractivity contribution in [1.29, 1.82) is 0 Å². The van der Waals surface area contributed by atoms with E-state index in [1.165, 1.54) is 18.4 Å². The zero-order valence-corrected chi connectivity index (χ0v) is 13.1. The SMILES string of the molecule is CC(N)C(c1ccc(Br)cc1)N1CCCC1(C)C. The van der Waals surface area contributed by atoms with E-state index in [2.05, 4.69) is 65.9 Å². The zero-order chi connectivity index (χ0) is 13.3. The molecule has 1 saturated heterocycles. The maximum Gasteiger partial charge on any atom is 0.0501 e. The summed E-state index contributed by atoms with van der Waals surface area (Å²) in [6, 6.07) is 9.04. The van der Waals surface area contributed by atoms with E-state index in [0.717, 1.165) is 11.0 Å². The van der Waals surface area contributed by atoms with Crippen LogP contribution in [0.1, 0.15) is 45.2 Å². The maximum atomic E-state index is 6.25. The number of hydrogen-bond acceptors (Lipinski definition) is 2. The number of nitrogens with two attached hydrogens (primary N) is 1. The molecule has 2 nitrogen and oxygen atoms in total. The van der Waals surface area contributed by atoms with Crippen LogP contribution in [0, 0.1) is 0 Å². The van der Waals surface area contributed by atoms with Crippen LogP contribution in [0.15, 0.2) is 28.7 Å². The molecule has 0 bridgehead atoms. The van der Waals surface area contributed by atoms with Crippen LogP contribution in [-0.2, 0) is 0 Å². The molecule has 1 aromatic rings. The molecule has 0 amide bonds. The highest BCUT2D eigenvalue weighted by Crippen LogP contribution is 2.37. The van der Waals surface area contributed by atoms with Crippen molar-refractivity contribution in [3.05, 3.63) is 34.3 Å². The number of rotatable bonds is 3. The van der Waals surface area contributed by atoms with Crippen LogP contribution in [0.5, 0.6) is 0 Å². The first-order valence-electron chi connectivity index (χ1n) is 6.69. The third-order valence-electron chi connectivity index (χ3n) is 4.01. The molecule has 3 heteroatoms. The Hall–Kier alpha value is -0.380. The Bertz CT molecular complexity index is 397. The molecule has 0 spiro atoms. The summed E-state index contributed by atoms with van der Waals surface area (Å²) in [4.78, 5) is 2.57. The molecule has 100 valence electrons. The summed E-state index contributed by atoms with van der Waals surface area (Å²) >= 11 is 3.49. The Morgan fingerprint density at radius 2 is 1.89 bits per heavy atom. The van der Waals surface area contributed by atoms with Crippen LogP contribution < -0.4 is 5.73 Å². The van der Waals surface area contributed by atoms with Crippen molar-refractivity contribution in [2.75, 3.05) is 6.54 Å². The molecule has 1 fully saturated rings. The van der Waals surface area contributed by atoms with Gasteiger partial charge in [-0.2, -0.15) is 0 Å². The molecule has 2 rings (SSSR count). The first-order chi connectivity index (χ1) is 8.42. The van der Waals surface area contributed by atoms with Crippen molar-refractivity contribution in [3.63, 3.8) is 0 Å². The molecular weight excluding hydrogens is 288 g/mol. The largest absolute Gasteiger partial charge is 0.326 e. The van der Waals surface area contributed by atoms with Gasteiger partial charge in [-0.15, -0.1) is 0 Å². The highest BCUT2D eigenvalue weighted by molar-refractivity contribution is 9.10. The molecule has 2 N–H and O–H groups in total. The Morgan fingerprint density at radius 3 is 2.33 bits per heavy atom. The minimum absolute atomic E-state index is 0.142. The van der Waals surface area contributed by atoms with Crippen LogP contribution in [-0.4, -0.2) is 23.0 Å². The van der Waals surface area contributed by atoms with Gasteiger partial charge in [0.05, 0.1) is 6.04 Å². The first-order valence-corrected chi connectivity index (χ1v) is 7.49. The van der Waals surface area contributed by atoms with Crippen LogP contribution in [0.3, 0.4) is 0 Å². The van der Waals surface area contributed by atoms with Gasteiger partial charge in [-0.25, -0.2) is 0 Å². The van der Waals surface area contributed by atoms with Gasteiger partial charge in [0.15, 0.2) is 0 Å². The molecule has 2 unspecified atom stereocenters. The number of halogens is 1. The van der Waals surface area contributed by atoms with Crippen LogP contribution >= 0.6 is 15.9 Å². The molecule has 2 atom stereocenters. The van der Waals surface area contributed by atoms with Gasteiger partial charge in [-0.3, -0.25) is 4.90 Å². The summed E-state index contributed by atoms with van der Waals surface area (Å²) in [6.07, 6.45) is 2.53. The fourth-order valence-corrected chi connectivity index (χ4v) is 3.34. The van der Waals surface area contributed by atoms with Gasteiger partial charge in [0.25, 0.3) is 0 Å². The van der Waals surface area contributed by atoms with Gasteiger partial charge in [0, 0.05) is 16.1 Å². The van der Waals surface area contributed by atoms with Crippen LogP contribution in [0.25, 0.3) is 0 Å². The molecule has 1 aliphatic rings. The lowest BCUT2D eigenvalue weighted by Crippen LogP contribution is -2.47. The molecule has 1 heterocycles. The minimum Gasteiger partial charge on any atom is -0.326 e. The molecular formula is C15H23BrN2.